The summed E-state index contributed by atoms with van der Waals surface area (Å²) < 4.78 is 14.2. The van der Waals surface area contributed by atoms with Crippen LogP contribution in [0.25, 0.3) is 0 Å². The van der Waals surface area contributed by atoms with E-state index in [2.05, 4.69) is 12.2 Å². The minimum absolute atomic E-state index is 0.152. The van der Waals surface area contributed by atoms with Gasteiger partial charge in [-0.05, 0) is 37.4 Å². The molecular formula is C16H23ClFN. The van der Waals surface area contributed by atoms with Gasteiger partial charge in [0.1, 0.15) is 5.82 Å². The van der Waals surface area contributed by atoms with E-state index in [-0.39, 0.29) is 11.7 Å². The molecule has 106 valence electrons. The SMILES string of the molecule is CCNCC(c1c(F)cccc1Cl)C1CCCCC1. The second-order valence-electron chi connectivity index (χ2n) is 5.45. The molecule has 0 aliphatic heterocycles. The largest absolute Gasteiger partial charge is 0.316 e. The Kier molecular flexibility index (Phi) is 5.65. The summed E-state index contributed by atoms with van der Waals surface area (Å²) in [5, 5.41) is 3.95. The predicted molar refractivity (Wildman–Crippen MR) is 79.3 cm³/mol. The summed E-state index contributed by atoms with van der Waals surface area (Å²) in [6.07, 6.45) is 6.23. The molecule has 2 rings (SSSR count). The molecule has 0 radical (unpaired) electrons. The summed E-state index contributed by atoms with van der Waals surface area (Å²) in [5.74, 6) is 0.608. The van der Waals surface area contributed by atoms with Gasteiger partial charge in [0, 0.05) is 23.0 Å². The van der Waals surface area contributed by atoms with Crippen LogP contribution in [0.4, 0.5) is 4.39 Å². The molecule has 0 spiro atoms. The minimum atomic E-state index is -0.152. The number of hydrogen-bond donors (Lipinski definition) is 1. The van der Waals surface area contributed by atoms with E-state index in [9.17, 15) is 4.39 Å². The third kappa shape index (κ3) is 3.70. The van der Waals surface area contributed by atoms with Crippen molar-refractivity contribution in [3.63, 3.8) is 0 Å². The zero-order valence-corrected chi connectivity index (χ0v) is 12.3. The predicted octanol–water partition coefficient (Wildman–Crippen LogP) is 4.75. The Hall–Kier alpha value is -0.600. The molecule has 1 aromatic rings. The van der Waals surface area contributed by atoms with Gasteiger partial charge in [-0.3, -0.25) is 0 Å². The fraction of sp³-hybridized carbons (Fsp3) is 0.625. The Labute approximate surface area is 120 Å². The highest BCUT2D eigenvalue weighted by molar-refractivity contribution is 6.31. The first-order valence-electron chi connectivity index (χ1n) is 7.38. The van der Waals surface area contributed by atoms with Crippen molar-refractivity contribution >= 4 is 11.6 Å². The first-order valence-corrected chi connectivity index (χ1v) is 7.76. The number of rotatable bonds is 5. The highest BCUT2D eigenvalue weighted by Crippen LogP contribution is 2.39. The Bertz CT molecular complexity index is 381. The summed E-state index contributed by atoms with van der Waals surface area (Å²) >= 11 is 6.25. The molecule has 1 nitrogen and oxygen atoms in total. The average Bonchev–Trinajstić information content (AvgIpc) is 2.43. The van der Waals surface area contributed by atoms with Crippen LogP contribution in [-0.2, 0) is 0 Å². The lowest BCUT2D eigenvalue weighted by molar-refractivity contribution is 0.293. The van der Waals surface area contributed by atoms with Crippen LogP contribution in [0.3, 0.4) is 0 Å². The Morgan fingerprint density at radius 3 is 2.68 bits per heavy atom. The molecule has 1 aliphatic carbocycles. The zero-order chi connectivity index (χ0) is 13.7. The van der Waals surface area contributed by atoms with Crippen molar-refractivity contribution in [2.24, 2.45) is 5.92 Å². The highest BCUT2D eigenvalue weighted by Gasteiger charge is 2.28. The number of benzene rings is 1. The molecule has 1 N–H and O–H groups in total. The molecule has 0 aromatic heterocycles. The smallest absolute Gasteiger partial charge is 0.128 e. The number of hydrogen-bond acceptors (Lipinski definition) is 1. The van der Waals surface area contributed by atoms with Crippen molar-refractivity contribution < 1.29 is 4.39 Å². The fourth-order valence-electron chi connectivity index (χ4n) is 3.21. The summed E-state index contributed by atoms with van der Waals surface area (Å²) in [6.45, 7) is 3.82. The van der Waals surface area contributed by atoms with Crippen molar-refractivity contribution in [2.75, 3.05) is 13.1 Å². The summed E-state index contributed by atoms with van der Waals surface area (Å²) in [6, 6.07) is 5.02. The molecule has 19 heavy (non-hydrogen) atoms. The van der Waals surface area contributed by atoms with Gasteiger partial charge in [-0.25, -0.2) is 4.39 Å². The van der Waals surface area contributed by atoms with Crippen LogP contribution in [0.2, 0.25) is 5.02 Å². The lowest BCUT2D eigenvalue weighted by atomic mass is 9.76. The van der Waals surface area contributed by atoms with Crippen LogP contribution < -0.4 is 5.32 Å². The van der Waals surface area contributed by atoms with E-state index >= 15 is 0 Å². The fourth-order valence-corrected chi connectivity index (χ4v) is 3.51. The van der Waals surface area contributed by atoms with E-state index in [1.165, 1.54) is 38.2 Å². The molecule has 0 amide bonds. The van der Waals surface area contributed by atoms with Crippen molar-refractivity contribution in [2.45, 2.75) is 44.9 Å². The molecule has 1 unspecified atom stereocenters. The van der Waals surface area contributed by atoms with Gasteiger partial charge < -0.3 is 5.32 Å². The van der Waals surface area contributed by atoms with Gasteiger partial charge in [0.25, 0.3) is 0 Å². The average molecular weight is 284 g/mol. The molecule has 3 heteroatoms. The van der Waals surface area contributed by atoms with Crippen LogP contribution in [-0.4, -0.2) is 13.1 Å². The van der Waals surface area contributed by atoms with Crippen LogP contribution in [0.1, 0.15) is 50.5 Å². The maximum absolute atomic E-state index is 14.2. The Morgan fingerprint density at radius 2 is 2.05 bits per heavy atom. The van der Waals surface area contributed by atoms with E-state index in [4.69, 9.17) is 11.6 Å². The maximum atomic E-state index is 14.2. The van der Waals surface area contributed by atoms with Crippen molar-refractivity contribution in [1.82, 2.24) is 5.32 Å². The second-order valence-corrected chi connectivity index (χ2v) is 5.85. The molecule has 1 atom stereocenters. The molecule has 1 fully saturated rings. The van der Waals surface area contributed by atoms with Crippen LogP contribution in [0.5, 0.6) is 0 Å². The van der Waals surface area contributed by atoms with E-state index in [1.807, 2.05) is 6.07 Å². The third-order valence-corrected chi connectivity index (χ3v) is 4.53. The normalized spacial score (nSPS) is 18.5. The van der Waals surface area contributed by atoms with Crippen molar-refractivity contribution in [3.05, 3.63) is 34.6 Å². The molecule has 1 aliphatic rings. The van der Waals surface area contributed by atoms with Gasteiger partial charge in [0.15, 0.2) is 0 Å². The van der Waals surface area contributed by atoms with Crippen molar-refractivity contribution in [3.8, 4) is 0 Å². The second kappa shape index (κ2) is 7.25. The lowest BCUT2D eigenvalue weighted by Crippen LogP contribution is -2.28. The Balaban J connectivity index is 2.25. The summed E-state index contributed by atoms with van der Waals surface area (Å²) in [4.78, 5) is 0. The monoisotopic (exact) mass is 283 g/mol. The van der Waals surface area contributed by atoms with Crippen molar-refractivity contribution in [1.29, 1.82) is 0 Å². The minimum Gasteiger partial charge on any atom is -0.316 e. The van der Waals surface area contributed by atoms with Gasteiger partial charge in [0.2, 0.25) is 0 Å². The van der Waals surface area contributed by atoms with E-state index in [1.54, 1.807) is 6.07 Å². The van der Waals surface area contributed by atoms with Crippen LogP contribution in [0.15, 0.2) is 18.2 Å². The van der Waals surface area contributed by atoms with Crippen LogP contribution >= 0.6 is 11.6 Å². The Morgan fingerprint density at radius 1 is 1.32 bits per heavy atom. The number of likely N-dealkylation sites (N-methyl/N-ethyl adjacent to an activating group) is 1. The van der Waals surface area contributed by atoms with Gasteiger partial charge >= 0.3 is 0 Å². The standard InChI is InChI=1S/C16H23ClFN/c1-2-19-11-13(12-7-4-3-5-8-12)16-14(17)9-6-10-15(16)18/h6,9-10,12-13,19H,2-5,7-8,11H2,1H3. The van der Waals surface area contributed by atoms with E-state index in [0.717, 1.165) is 18.7 Å². The third-order valence-electron chi connectivity index (χ3n) is 4.20. The van der Waals surface area contributed by atoms with Gasteiger partial charge in [-0.15, -0.1) is 0 Å². The summed E-state index contributed by atoms with van der Waals surface area (Å²) in [7, 11) is 0. The molecule has 0 bridgehead atoms. The zero-order valence-electron chi connectivity index (χ0n) is 11.6. The molecule has 0 saturated heterocycles. The summed E-state index contributed by atoms with van der Waals surface area (Å²) in [5.41, 5.74) is 0.719. The topological polar surface area (TPSA) is 12.0 Å². The highest BCUT2D eigenvalue weighted by atomic mass is 35.5. The lowest BCUT2D eigenvalue weighted by Gasteiger charge is -2.31. The van der Waals surface area contributed by atoms with Gasteiger partial charge in [-0.1, -0.05) is 43.9 Å². The first kappa shape index (κ1) is 14.8. The van der Waals surface area contributed by atoms with Gasteiger partial charge in [-0.2, -0.15) is 0 Å². The molecule has 1 saturated carbocycles. The van der Waals surface area contributed by atoms with E-state index < -0.39 is 0 Å². The number of nitrogens with one attached hydrogen (secondary N) is 1. The molecule has 1 aromatic carbocycles. The maximum Gasteiger partial charge on any atom is 0.128 e. The number of halogens is 2. The van der Waals surface area contributed by atoms with E-state index in [0.29, 0.717) is 10.9 Å². The quantitative estimate of drug-likeness (QED) is 0.822. The molecular weight excluding hydrogens is 261 g/mol. The van der Waals surface area contributed by atoms with Crippen LogP contribution in [0, 0.1) is 11.7 Å². The first-order chi connectivity index (χ1) is 9.24. The van der Waals surface area contributed by atoms with Gasteiger partial charge in [0.05, 0.1) is 0 Å². The molecule has 0 heterocycles.